The summed E-state index contributed by atoms with van der Waals surface area (Å²) in [6.45, 7) is -0.296. The topological polar surface area (TPSA) is 51.1 Å². The zero-order chi connectivity index (χ0) is 19.8. The van der Waals surface area contributed by atoms with Crippen molar-refractivity contribution in [1.29, 1.82) is 0 Å². The van der Waals surface area contributed by atoms with Crippen molar-refractivity contribution in [1.82, 2.24) is 4.57 Å². The Hall–Kier alpha value is -2.51. The second kappa shape index (κ2) is 7.25. The summed E-state index contributed by atoms with van der Waals surface area (Å²) in [4.78, 5) is 24.0. The molecule has 0 saturated carbocycles. The van der Waals surface area contributed by atoms with Crippen LogP contribution in [0.15, 0.2) is 48.7 Å². The minimum Gasteiger partial charge on any atom is -0.337 e. The van der Waals surface area contributed by atoms with Gasteiger partial charge in [-0.15, -0.1) is 0 Å². The van der Waals surface area contributed by atoms with E-state index < -0.39 is 23.4 Å². The lowest BCUT2D eigenvalue weighted by molar-refractivity contribution is -0.116. The van der Waals surface area contributed by atoms with Gasteiger partial charge in [0.1, 0.15) is 6.54 Å². The minimum atomic E-state index is -5.01. The number of carbonyl (C=O) groups excluding carboxylic acids is 2. The van der Waals surface area contributed by atoms with Crippen molar-refractivity contribution in [2.24, 2.45) is 0 Å². The number of aromatic nitrogens is 1. The van der Waals surface area contributed by atoms with Gasteiger partial charge in [-0.1, -0.05) is 41.4 Å². The molecule has 0 atom stereocenters. The van der Waals surface area contributed by atoms with Crippen molar-refractivity contribution in [2.75, 3.05) is 5.32 Å². The van der Waals surface area contributed by atoms with Crippen molar-refractivity contribution >= 4 is 51.5 Å². The van der Waals surface area contributed by atoms with Gasteiger partial charge in [0.2, 0.25) is 5.91 Å². The highest BCUT2D eigenvalue weighted by atomic mass is 35.5. The monoisotopic (exact) mass is 414 g/mol. The molecule has 0 unspecified atom stereocenters. The largest absolute Gasteiger partial charge is 0.454 e. The fourth-order valence-electron chi connectivity index (χ4n) is 2.69. The first kappa shape index (κ1) is 19.3. The van der Waals surface area contributed by atoms with E-state index in [4.69, 9.17) is 23.2 Å². The molecular weight excluding hydrogens is 404 g/mol. The lowest BCUT2D eigenvalue weighted by Gasteiger charge is -2.08. The first-order valence-corrected chi connectivity index (χ1v) is 8.36. The summed E-state index contributed by atoms with van der Waals surface area (Å²) in [5.74, 6) is -2.47. The smallest absolute Gasteiger partial charge is 0.337 e. The first-order valence-electron chi connectivity index (χ1n) is 7.60. The molecule has 0 aliphatic carbocycles. The number of hydrogen-bond acceptors (Lipinski definition) is 2. The highest BCUT2D eigenvalue weighted by molar-refractivity contribution is 6.35. The van der Waals surface area contributed by atoms with Crippen LogP contribution in [0.25, 0.3) is 10.9 Å². The van der Waals surface area contributed by atoms with Crippen LogP contribution >= 0.6 is 23.2 Å². The minimum absolute atomic E-state index is 0.124. The second-order valence-corrected chi connectivity index (χ2v) is 6.59. The number of para-hydroxylation sites is 1. The Kier molecular flexibility index (Phi) is 5.17. The van der Waals surface area contributed by atoms with Gasteiger partial charge in [0, 0.05) is 32.8 Å². The van der Waals surface area contributed by atoms with Crippen molar-refractivity contribution < 1.29 is 22.8 Å². The molecule has 1 N–H and O–H groups in total. The van der Waals surface area contributed by atoms with Crippen LogP contribution in [0.4, 0.5) is 18.9 Å². The molecule has 0 bridgehead atoms. The summed E-state index contributed by atoms with van der Waals surface area (Å²) in [5.41, 5.74) is 0.182. The Bertz CT molecular complexity index is 1020. The molecule has 3 rings (SSSR count). The summed E-state index contributed by atoms with van der Waals surface area (Å²) in [6.07, 6.45) is -3.97. The van der Waals surface area contributed by atoms with E-state index in [1.807, 2.05) is 0 Å². The summed E-state index contributed by atoms with van der Waals surface area (Å²) < 4.78 is 39.8. The van der Waals surface area contributed by atoms with E-state index in [0.29, 0.717) is 21.2 Å². The van der Waals surface area contributed by atoms with Crippen LogP contribution in [0.3, 0.4) is 0 Å². The average Bonchev–Trinajstić information content (AvgIpc) is 2.91. The quantitative estimate of drug-likeness (QED) is 0.586. The van der Waals surface area contributed by atoms with Crippen LogP contribution in [0, 0.1) is 0 Å². The third kappa shape index (κ3) is 4.26. The van der Waals surface area contributed by atoms with Gasteiger partial charge >= 0.3 is 6.18 Å². The van der Waals surface area contributed by atoms with Crippen LogP contribution in [-0.2, 0) is 11.3 Å². The number of nitrogens with zero attached hydrogens (tertiary/aromatic N) is 1. The van der Waals surface area contributed by atoms with Crippen LogP contribution in [-0.4, -0.2) is 22.4 Å². The molecule has 0 saturated heterocycles. The molecule has 0 fully saturated rings. The van der Waals surface area contributed by atoms with Gasteiger partial charge in [-0.05, 0) is 24.3 Å². The van der Waals surface area contributed by atoms with Crippen LogP contribution in [0.1, 0.15) is 10.4 Å². The van der Waals surface area contributed by atoms with Gasteiger partial charge in [-0.25, -0.2) is 0 Å². The van der Waals surface area contributed by atoms with E-state index in [0.717, 1.165) is 6.20 Å². The van der Waals surface area contributed by atoms with Crippen LogP contribution in [0.5, 0.6) is 0 Å². The van der Waals surface area contributed by atoms with Gasteiger partial charge in [-0.2, -0.15) is 13.2 Å². The molecule has 0 aliphatic heterocycles. The van der Waals surface area contributed by atoms with E-state index in [1.54, 1.807) is 6.07 Å². The van der Waals surface area contributed by atoms with E-state index >= 15 is 0 Å². The zero-order valence-electron chi connectivity index (χ0n) is 13.5. The summed E-state index contributed by atoms with van der Waals surface area (Å²) in [5, 5.41) is 3.34. The Morgan fingerprint density at radius 2 is 1.67 bits per heavy atom. The lowest BCUT2D eigenvalue weighted by atomic mass is 10.1. The van der Waals surface area contributed by atoms with E-state index in [1.165, 1.54) is 41.0 Å². The van der Waals surface area contributed by atoms with Gasteiger partial charge in [-0.3, -0.25) is 9.59 Å². The van der Waals surface area contributed by atoms with Crippen molar-refractivity contribution in [2.45, 2.75) is 12.7 Å². The van der Waals surface area contributed by atoms with Crippen molar-refractivity contribution in [3.8, 4) is 0 Å². The van der Waals surface area contributed by atoms with E-state index in [9.17, 15) is 22.8 Å². The summed E-state index contributed by atoms with van der Waals surface area (Å²) in [6, 6.07) is 10.5. The molecule has 0 aliphatic rings. The number of fused-ring (bicyclic) bond motifs is 1. The summed E-state index contributed by atoms with van der Waals surface area (Å²) >= 11 is 11.7. The molecular formula is C18H11Cl2F3N2O2. The first-order chi connectivity index (χ1) is 12.6. The predicted octanol–water partition coefficient (Wildman–Crippen LogP) is 5.33. The number of rotatable bonds is 4. The lowest BCUT2D eigenvalue weighted by Crippen LogP contribution is -2.22. The molecule has 0 radical (unpaired) electrons. The number of anilines is 1. The van der Waals surface area contributed by atoms with Gasteiger partial charge in [0.25, 0.3) is 5.78 Å². The third-order valence-corrected chi connectivity index (χ3v) is 4.19. The Labute approximate surface area is 161 Å². The second-order valence-electron chi connectivity index (χ2n) is 5.72. The van der Waals surface area contributed by atoms with Crippen molar-refractivity contribution in [3.63, 3.8) is 0 Å². The molecule has 2 aromatic carbocycles. The number of nitrogens with one attached hydrogen (secondary N) is 1. The zero-order valence-corrected chi connectivity index (χ0v) is 15.0. The number of carbonyl (C=O) groups is 2. The number of amides is 1. The maximum Gasteiger partial charge on any atom is 0.454 e. The number of hydrogen-bond donors (Lipinski definition) is 1. The van der Waals surface area contributed by atoms with Crippen molar-refractivity contribution in [3.05, 3.63) is 64.3 Å². The molecule has 27 heavy (non-hydrogen) atoms. The normalized spacial score (nSPS) is 11.6. The number of halogens is 5. The van der Waals surface area contributed by atoms with Gasteiger partial charge in [0.15, 0.2) is 0 Å². The maximum atomic E-state index is 12.8. The predicted molar refractivity (Wildman–Crippen MR) is 97.4 cm³/mol. The average molecular weight is 415 g/mol. The number of Topliss-reactive ketones (excluding diaryl/α,β-unsaturated/α-hetero) is 1. The summed E-state index contributed by atoms with van der Waals surface area (Å²) in [7, 11) is 0. The highest BCUT2D eigenvalue weighted by Gasteiger charge is 2.40. The van der Waals surface area contributed by atoms with Crippen LogP contribution < -0.4 is 5.32 Å². The molecule has 4 nitrogen and oxygen atoms in total. The number of alkyl halides is 3. The van der Waals surface area contributed by atoms with Gasteiger partial charge < -0.3 is 9.88 Å². The molecule has 0 spiro atoms. The molecule has 140 valence electrons. The standard InChI is InChI=1S/C18H11Cl2F3N2O2/c19-10-5-11(20)7-12(6-10)24-16(26)9-25-8-14(17(27)18(21,22)23)13-3-1-2-4-15(13)25/h1-8H,9H2,(H,24,26). The Morgan fingerprint density at radius 1 is 1.04 bits per heavy atom. The van der Waals surface area contributed by atoms with Crippen LogP contribution in [0.2, 0.25) is 10.0 Å². The fraction of sp³-hybridized carbons (Fsp3) is 0.111. The molecule has 1 amide bonds. The number of benzene rings is 2. The molecule has 9 heteroatoms. The highest BCUT2D eigenvalue weighted by Crippen LogP contribution is 2.29. The number of ketones is 1. The SMILES string of the molecule is O=C(Cn1cc(C(=O)C(F)(F)F)c2ccccc21)Nc1cc(Cl)cc(Cl)c1. The molecule has 1 aromatic heterocycles. The molecule has 1 heterocycles. The van der Waals surface area contributed by atoms with E-state index in [-0.39, 0.29) is 11.9 Å². The van der Waals surface area contributed by atoms with E-state index in [2.05, 4.69) is 5.32 Å². The Balaban J connectivity index is 1.91. The fourth-order valence-corrected chi connectivity index (χ4v) is 3.22. The molecule has 3 aromatic rings. The van der Waals surface area contributed by atoms with Gasteiger partial charge in [0.05, 0.1) is 5.56 Å². The Morgan fingerprint density at radius 3 is 2.30 bits per heavy atom. The maximum absolute atomic E-state index is 12.8. The third-order valence-electron chi connectivity index (χ3n) is 3.75.